The fourth-order valence-electron chi connectivity index (χ4n) is 2.58. The maximum Gasteiger partial charge on any atom is 0.0542 e. The minimum Gasteiger partial charge on any atom is -0.411 e. The summed E-state index contributed by atoms with van der Waals surface area (Å²) in [5.41, 5.74) is 7.49. The molecule has 2 rings (SSSR count). The van der Waals surface area contributed by atoms with Crippen LogP contribution in [-0.4, -0.2) is 16.4 Å². The summed E-state index contributed by atoms with van der Waals surface area (Å²) < 4.78 is 0. The molecule has 4 heteroatoms. The first kappa shape index (κ1) is 10.9. The molecule has 0 aliphatic heterocycles. The molecule has 1 aliphatic rings. The molecule has 0 aromatic carbocycles. The molecule has 16 heavy (non-hydrogen) atoms. The highest BCUT2D eigenvalue weighted by atomic mass is 16.4. The molecule has 1 aromatic heterocycles. The molecule has 1 saturated carbocycles. The number of nitrogens with two attached hydrogens (primary N) is 1. The minimum atomic E-state index is -0.217. The predicted octanol–water partition coefficient (Wildman–Crippen LogP) is 2.33. The molecule has 86 valence electrons. The van der Waals surface area contributed by atoms with E-state index in [0.717, 1.165) is 36.9 Å². The van der Waals surface area contributed by atoms with Crippen molar-refractivity contribution in [1.82, 2.24) is 4.98 Å². The standard InChI is InChI=1S/C12H17N3O/c13-11-4-7-14-8-10(11)12(9-15-16)5-2-1-3-6-12/h4,7-9,16H,1-3,5-6H2,(H2,13,14). The van der Waals surface area contributed by atoms with Crippen molar-refractivity contribution >= 4 is 11.9 Å². The Morgan fingerprint density at radius 1 is 1.38 bits per heavy atom. The van der Waals surface area contributed by atoms with Crippen LogP contribution in [0.1, 0.15) is 37.7 Å². The lowest BCUT2D eigenvalue weighted by Crippen LogP contribution is -2.31. The van der Waals surface area contributed by atoms with Crippen LogP contribution in [0, 0.1) is 0 Å². The lowest BCUT2D eigenvalue weighted by atomic mass is 9.70. The van der Waals surface area contributed by atoms with Crippen molar-refractivity contribution in [3.05, 3.63) is 24.0 Å². The molecule has 0 radical (unpaired) electrons. The number of hydrogen-bond acceptors (Lipinski definition) is 4. The van der Waals surface area contributed by atoms with Gasteiger partial charge in [0.05, 0.1) is 6.21 Å². The van der Waals surface area contributed by atoms with E-state index in [1.807, 2.05) is 0 Å². The average Bonchev–Trinajstić information content (AvgIpc) is 2.31. The molecule has 0 saturated heterocycles. The van der Waals surface area contributed by atoms with Gasteiger partial charge in [-0.05, 0) is 18.9 Å². The van der Waals surface area contributed by atoms with Gasteiger partial charge in [-0.1, -0.05) is 19.3 Å². The summed E-state index contributed by atoms with van der Waals surface area (Å²) in [4.78, 5) is 4.12. The summed E-state index contributed by atoms with van der Waals surface area (Å²) in [6.07, 6.45) is 10.6. The van der Waals surface area contributed by atoms with E-state index >= 15 is 0 Å². The number of nitrogens with zero attached hydrogens (tertiary/aromatic N) is 2. The zero-order valence-corrected chi connectivity index (χ0v) is 9.26. The van der Waals surface area contributed by atoms with Crippen LogP contribution in [0.5, 0.6) is 0 Å². The molecule has 3 N–H and O–H groups in total. The summed E-state index contributed by atoms with van der Waals surface area (Å²) in [5, 5.41) is 12.1. The van der Waals surface area contributed by atoms with E-state index in [-0.39, 0.29) is 5.41 Å². The van der Waals surface area contributed by atoms with Crippen LogP contribution in [-0.2, 0) is 5.41 Å². The van der Waals surface area contributed by atoms with Gasteiger partial charge in [0.2, 0.25) is 0 Å². The second kappa shape index (κ2) is 4.51. The van der Waals surface area contributed by atoms with Gasteiger partial charge in [0.1, 0.15) is 0 Å². The van der Waals surface area contributed by atoms with Gasteiger partial charge in [-0.2, -0.15) is 0 Å². The number of aromatic nitrogens is 1. The molecule has 0 unspecified atom stereocenters. The molecule has 1 aromatic rings. The van der Waals surface area contributed by atoms with Crippen LogP contribution >= 0.6 is 0 Å². The molecule has 0 bridgehead atoms. The fourth-order valence-corrected chi connectivity index (χ4v) is 2.58. The van der Waals surface area contributed by atoms with Crippen molar-refractivity contribution in [3.63, 3.8) is 0 Å². The predicted molar refractivity (Wildman–Crippen MR) is 63.7 cm³/mol. The Hall–Kier alpha value is -1.58. The normalized spacial score (nSPS) is 20.0. The van der Waals surface area contributed by atoms with Crippen molar-refractivity contribution in [3.8, 4) is 0 Å². The Kier molecular flexibility index (Phi) is 3.08. The van der Waals surface area contributed by atoms with Crippen molar-refractivity contribution < 1.29 is 5.21 Å². The molecule has 1 heterocycles. The van der Waals surface area contributed by atoms with E-state index in [1.54, 1.807) is 24.7 Å². The summed E-state index contributed by atoms with van der Waals surface area (Å²) in [5.74, 6) is 0. The Balaban J connectivity index is 2.42. The van der Waals surface area contributed by atoms with Crippen LogP contribution in [0.15, 0.2) is 23.6 Å². The number of rotatable bonds is 2. The number of hydrogen-bond donors (Lipinski definition) is 2. The maximum atomic E-state index is 8.84. The number of pyridine rings is 1. The van der Waals surface area contributed by atoms with Gasteiger partial charge in [0.25, 0.3) is 0 Å². The van der Waals surface area contributed by atoms with Crippen molar-refractivity contribution in [1.29, 1.82) is 0 Å². The first-order valence-electron chi connectivity index (χ1n) is 5.67. The Labute approximate surface area is 95.2 Å². The van der Waals surface area contributed by atoms with Crippen molar-refractivity contribution in [2.24, 2.45) is 5.16 Å². The molecule has 1 fully saturated rings. The van der Waals surface area contributed by atoms with E-state index < -0.39 is 0 Å². The third-order valence-corrected chi connectivity index (χ3v) is 3.44. The van der Waals surface area contributed by atoms with Gasteiger partial charge in [0, 0.05) is 29.1 Å². The lowest BCUT2D eigenvalue weighted by molar-refractivity contribution is 0.307. The second-order valence-corrected chi connectivity index (χ2v) is 4.42. The van der Waals surface area contributed by atoms with E-state index in [1.165, 1.54) is 6.42 Å². The van der Waals surface area contributed by atoms with Crippen molar-refractivity contribution in [2.75, 3.05) is 5.73 Å². The molecule has 0 atom stereocenters. The fraction of sp³-hybridized carbons (Fsp3) is 0.500. The van der Waals surface area contributed by atoms with E-state index in [9.17, 15) is 0 Å². The van der Waals surface area contributed by atoms with Gasteiger partial charge in [-0.25, -0.2) is 0 Å². The number of nitrogen functional groups attached to an aromatic ring is 1. The minimum absolute atomic E-state index is 0.217. The van der Waals surface area contributed by atoms with Gasteiger partial charge in [0.15, 0.2) is 0 Å². The first-order valence-corrected chi connectivity index (χ1v) is 5.67. The summed E-state index contributed by atoms with van der Waals surface area (Å²) in [7, 11) is 0. The highest BCUT2D eigenvalue weighted by Crippen LogP contribution is 2.39. The topological polar surface area (TPSA) is 71.5 Å². The zero-order chi connectivity index (χ0) is 11.4. The van der Waals surface area contributed by atoms with Crippen LogP contribution in [0.2, 0.25) is 0 Å². The Morgan fingerprint density at radius 2 is 2.12 bits per heavy atom. The molecule has 1 aliphatic carbocycles. The van der Waals surface area contributed by atoms with Gasteiger partial charge >= 0.3 is 0 Å². The largest absolute Gasteiger partial charge is 0.411 e. The van der Waals surface area contributed by atoms with Crippen LogP contribution < -0.4 is 5.73 Å². The first-order chi connectivity index (χ1) is 7.78. The monoisotopic (exact) mass is 219 g/mol. The van der Waals surface area contributed by atoms with Gasteiger partial charge < -0.3 is 10.9 Å². The highest BCUT2D eigenvalue weighted by molar-refractivity contribution is 5.76. The van der Waals surface area contributed by atoms with E-state index in [2.05, 4.69) is 10.1 Å². The van der Waals surface area contributed by atoms with Crippen LogP contribution in [0.3, 0.4) is 0 Å². The SMILES string of the molecule is Nc1ccncc1C1(C=NO)CCCCC1. The van der Waals surface area contributed by atoms with Crippen LogP contribution in [0.25, 0.3) is 0 Å². The molecule has 4 nitrogen and oxygen atoms in total. The van der Waals surface area contributed by atoms with E-state index in [0.29, 0.717) is 0 Å². The average molecular weight is 219 g/mol. The molecule has 0 amide bonds. The smallest absolute Gasteiger partial charge is 0.0542 e. The molecular formula is C12H17N3O. The number of anilines is 1. The van der Waals surface area contributed by atoms with Gasteiger partial charge in [-0.15, -0.1) is 5.16 Å². The Bertz CT molecular complexity index is 384. The third kappa shape index (κ3) is 1.87. The quantitative estimate of drug-likeness (QED) is 0.455. The number of oxime groups is 1. The highest BCUT2D eigenvalue weighted by Gasteiger charge is 2.34. The van der Waals surface area contributed by atoms with Crippen molar-refractivity contribution in [2.45, 2.75) is 37.5 Å². The third-order valence-electron chi connectivity index (χ3n) is 3.44. The summed E-state index contributed by atoms with van der Waals surface area (Å²) >= 11 is 0. The molecule has 0 spiro atoms. The Morgan fingerprint density at radius 3 is 2.75 bits per heavy atom. The second-order valence-electron chi connectivity index (χ2n) is 4.42. The van der Waals surface area contributed by atoms with E-state index in [4.69, 9.17) is 10.9 Å². The maximum absolute atomic E-state index is 8.84. The van der Waals surface area contributed by atoms with Crippen LogP contribution in [0.4, 0.5) is 5.69 Å². The van der Waals surface area contributed by atoms with Gasteiger partial charge in [-0.3, -0.25) is 4.98 Å². The zero-order valence-electron chi connectivity index (χ0n) is 9.26. The summed E-state index contributed by atoms with van der Waals surface area (Å²) in [6, 6.07) is 1.80. The molecular weight excluding hydrogens is 202 g/mol. The lowest BCUT2D eigenvalue weighted by Gasteiger charge is -2.34. The summed E-state index contributed by atoms with van der Waals surface area (Å²) in [6.45, 7) is 0.